The lowest BCUT2D eigenvalue weighted by molar-refractivity contribution is -0.138. The van der Waals surface area contributed by atoms with Crippen molar-refractivity contribution >= 4 is 52.5 Å². The molecule has 1 saturated heterocycles. The van der Waals surface area contributed by atoms with E-state index in [0.29, 0.717) is 24.0 Å². The van der Waals surface area contributed by atoms with Gasteiger partial charge in [0.2, 0.25) is 11.8 Å². The van der Waals surface area contributed by atoms with Crippen LogP contribution in [0.5, 0.6) is 5.75 Å². The fraction of sp³-hybridized carbons (Fsp3) is 0.385. The highest BCUT2D eigenvalue weighted by Crippen LogP contribution is 2.47. The summed E-state index contributed by atoms with van der Waals surface area (Å²) in [6, 6.07) is 25.8. The van der Waals surface area contributed by atoms with Crippen molar-refractivity contribution in [3.8, 4) is 5.75 Å². The summed E-state index contributed by atoms with van der Waals surface area (Å²) in [6.45, 7) is 8.33. The second-order valence-corrected chi connectivity index (χ2v) is 19.3. The normalized spacial score (nSPS) is 21.1. The smallest absolute Gasteiger partial charge is 0.261 e. The summed E-state index contributed by atoms with van der Waals surface area (Å²) in [6.07, 6.45) is 2.04. The first kappa shape index (κ1) is 36.0. The topological polar surface area (TPSA) is 107 Å². The van der Waals surface area contributed by atoms with Crippen molar-refractivity contribution in [2.75, 3.05) is 20.3 Å². The second kappa shape index (κ2) is 14.6. The number of aliphatic hydroxyl groups is 2. The fourth-order valence-corrected chi connectivity index (χ4v) is 12.6. The van der Waals surface area contributed by atoms with E-state index in [1.54, 1.807) is 12.1 Å². The maximum absolute atomic E-state index is 13.4. The standard InChI is InChI=1S/C39H46BrNO6Si/c1-25(20-26-21-28(40)17-19-33(26)43)16-18-34(44)35-27(22-31-36(32(35)23-42)38(46)41(5)37(31)45)24-47-48(39(2,3)4,29-12-8-6-9-13-29)30-14-10-7-11-15-30/h6-15,17,19-21,31-32,34,36,42-44H,16,18,22-24H2,1-5H3/b25-20+/t31-,32+,34-,36-/m1/s1. The lowest BCUT2D eigenvalue weighted by atomic mass is 9.68. The van der Waals surface area contributed by atoms with Crippen LogP contribution in [0.2, 0.25) is 5.04 Å². The third-order valence-electron chi connectivity index (χ3n) is 10.0. The molecule has 5 rings (SSSR count). The van der Waals surface area contributed by atoms with Crippen LogP contribution in [0.4, 0.5) is 0 Å². The molecule has 2 amide bonds. The number of hydrogen-bond acceptors (Lipinski definition) is 6. The number of hydrogen-bond donors (Lipinski definition) is 3. The molecule has 48 heavy (non-hydrogen) atoms. The molecule has 2 aliphatic rings. The molecule has 1 aliphatic carbocycles. The van der Waals surface area contributed by atoms with Gasteiger partial charge in [-0.15, -0.1) is 0 Å². The summed E-state index contributed by atoms with van der Waals surface area (Å²) in [5, 5.41) is 35.0. The van der Waals surface area contributed by atoms with Crippen molar-refractivity contribution < 1.29 is 29.3 Å². The Bertz CT molecular complexity index is 1660. The van der Waals surface area contributed by atoms with Crippen molar-refractivity contribution in [3.05, 3.63) is 106 Å². The largest absolute Gasteiger partial charge is 0.507 e. The monoisotopic (exact) mass is 731 g/mol. The highest BCUT2D eigenvalue weighted by molar-refractivity contribution is 9.10. The van der Waals surface area contributed by atoms with Crippen LogP contribution in [0.15, 0.2) is 100 Å². The molecule has 4 atom stereocenters. The molecule has 3 N–H and O–H groups in total. The number of imide groups is 1. The molecular weight excluding hydrogens is 686 g/mol. The molecule has 3 aromatic rings. The van der Waals surface area contributed by atoms with Crippen molar-refractivity contribution in [1.82, 2.24) is 4.90 Å². The van der Waals surface area contributed by atoms with E-state index in [1.165, 1.54) is 11.9 Å². The van der Waals surface area contributed by atoms with E-state index in [1.807, 2.05) is 55.5 Å². The zero-order valence-corrected chi connectivity index (χ0v) is 30.9. The SMILES string of the molecule is C/C(=C\c1cc(Br)ccc1O)CC[C@@H](O)C1=C(CO[Si](c2ccccc2)(c2ccccc2)C(C)(C)C)C[C@H]2C(=O)N(C)C(=O)[C@H]2[C@H]1CO. The Balaban J connectivity index is 1.56. The number of nitrogens with zero attached hydrogens (tertiary/aromatic N) is 1. The summed E-state index contributed by atoms with van der Waals surface area (Å²) >= 11 is 3.45. The average molecular weight is 733 g/mol. The molecule has 0 aromatic heterocycles. The van der Waals surface area contributed by atoms with E-state index in [-0.39, 0.29) is 42.2 Å². The molecule has 1 fully saturated rings. The summed E-state index contributed by atoms with van der Waals surface area (Å²) in [5.41, 5.74) is 3.00. The van der Waals surface area contributed by atoms with Crippen LogP contribution < -0.4 is 10.4 Å². The van der Waals surface area contributed by atoms with Crippen LogP contribution in [0.1, 0.15) is 52.5 Å². The number of halogens is 1. The maximum atomic E-state index is 13.4. The first-order chi connectivity index (χ1) is 22.8. The van der Waals surface area contributed by atoms with E-state index in [2.05, 4.69) is 61.0 Å². The number of amides is 2. The highest BCUT2D eigenvalue weighted by atomic mass is 79.9. The van der Waals surface area contributed by atoms with Crippen LogP contribution in [-0.4, -0.2) is 66.7 Å². The number of carbonyl (C=O) groups is 2. The predicted octanol–water partition coefficient (Wildman–Crippen LogP) is 5.82. The van der Waals surface area contributed by atoms with Crippen LogP contribution >= 0.6 is 15.9 Å². The quantitative estimate of drug-likeness (QED) is 0.131. The zero-order chi connectivity index (χ0) is 34.8. The van der Waals surface area contributed by atoms with Gasteiger partial charge in [-0.05, 0) is 70.9 Å². The van der Waals surface area contributed by atoms with E-state index >= 15 is 0 Å². The van der Waals surface area contributed by atoms with E-state index < -0.39 is 32.2 Å². The molecule has 254 valence electrons. The number of carbonyl (C=O) groups excluding carboxylic acids is 2. The van der Waals surface area contributed by atoms with Crippen molar-refractivity contribution in [1.29, 1.82) is 0 Å². The first-order valence-corrected chi connectivity index (χ1v) is 19.2. The summed E-state index contributed by atoms with van der Waals surface area (Å²) in [4.78, 5) is 27.9. The minimum absolute atomic E-state index is 0.158. The molecule has 3 aromatic carbocycles. The van der Waals surface area contributed by atoms with Crippen LogP contribution in [-0.2, 0) is 14.0 Å². The Morgan fingerprint density at radius 2 is 1.62 bits per heavy atom. The molecule has 9 heteroatoms. The van der Waals surface area contributed by atoms with Gasteiger partial charge in [0.1, 0.15) is 5.75 Å². The molecule has 1 heterocycles. The number of fused-ring (bicyclic) bond motifs is 1. The maximum Gasteiger partial charge on any atom is 0.261 e. The van der Waals surface area contributed by atoms with Crippen LogP contribution in [0.3, 0.4) is 0 Å². The molecule has 0 unspecified atom stereocenters. The zero-order valence-electron chi connectivity index (χ0n) is 28.3. The minimum Gasteiger partial charge on any atom is -0.507 e. The van der Waals surface area contributed by atoms with Gasteiger partial charge in [0, 0.05) is 23.0 Å². The van der Waals surface area contributed by atoms with Gasteiger partial charge < -0.3 is 19.7 Å². The lowest BCUT2D eigenvalue weighted by Gasteiger charge is -2.44. The Labute approximate surface area is 293 Å². The van der Waals surface area contributed by atoms with E-state index in [9.17, 15) is 24.9 Å². The van der Waals surface area contributed by atoms with Gasteiger partial charge >= 0.3 is 0 Å². The Morgan fingerprint density at radius 3 is 2.19 bits per heavy atom. The molecule has 0 radical (unpaired) electrons. The molecule has 7 nitrogen and oxygen atoms in total. The predicted molar refractivity (Wildman–Crippen MR) is 195 cm³/mol. The summed E-state index contributed by atoms with van der Waals surface area (Å²) in [7, 11) is -1.48. The van der Waals surface area contributed by atoms with E-state index in [4.69, 9.17) is 4.43 Å². The third-order valence-corrected chi connectivity index (χ3v) is 15.5. The number of aromatic hydroxyl groups is 1. The fourth-order valence-electron chi connectivity index (χ4n) is 7.70. The summed E-state index contributed by atoms with van der Waals surface area (Å²) in [5.74, 6) is -2.47. The molecule has 1 aliphatic heterocycles. The Kier molecular flexibility index (Phi) is 11.0. The summed E-state index contributed by atoms with van der Waals surface area (Å²) < 4.78 is 8.13. The Hall–Kier alpha value is -3.34. The number of likely N-dealkylation sites (tertiary alicyclic amines) is 1. The number of rotatable bonds is 11. The van der Waals surface area contributed by atoms with Crippen molar-refractivity contribution in [3.63, 3.8) is 0 Å². The van der Waals surface area contributed by atoms with Gasteiger partial charge in [0.25, 0.3) is 8.32 Å². The van der Waals surface area contributed by atoms with Gasteiger partial charge in [-0.3, -0.25) is 14.5 Å². The Morgan fingerprint density at radius 1 is 1.02 bits per heavy atom. The molecule has 0 bridgehead atoms. The number of allylic oxidation sites excluding steroid dienone is 1. The number of aliphatic hydroxyl groups excluding tert-OH is 2. The lowest BCUT2D eigenvalue weighted by Crippen LogP contribution is -2.66. The third kappa shape index (κ3) is 6.89. The van der Waals surface area contributed by atoms with Gasteiger partial charge in [-0.1, -0.05) is 109 Å². The number of phenolic OH excluding ortho intramolecular Hbond substituents is 1. The first-order valence-electron chi connectivity index (χ1n) is 16.5. The van der Waals surface area contributed by atoms with Gasteiger partial charge in [-0.25, -0.2) is 0 Å². The van der Waals surface area contributed by atoms with Gasteiger partial charge in [-0.2, -0.15) is 0 Å². The van der Waals surface area contributed by atoms with Crippen molar-refractivity contribution in [2.24, 2.45) is 17.8 Å². The second-order valence-electron chi connectivity index (χ2n) is 14.1. The van der Waals surface area contributed by atoms with Crippen molar-refractivity contribution in [2.45, 2.75) is 58.1 Å². The van der Waals surface area contributed by atoms with E-state index in [0.717, 1.165) is 26.0 Å². The molecule has 0 spiro atoms. The minimum atomic E-state index is -2.97. The average Bonchev–Trinajstić information content (AvgIpc) is 3.28. The van der Waals surface area contributed by atoms with Crippen LogP contribution in [0, 0.1) is 17.8 Å². The highest BCUT2D eigenvalue weighted by Gasteiger charge is 2.55. The molecular formula is C39H46BrNO6Si. The van der Waals surface area contributed by atoms with Crippen LogP contribution in [0.25, 0.3) is 6.08 Å². The van der Waals surface area contributed by atoms with Gasteiger partial charge in [0.15, 0.2) is 0 Å². The number of benzene rings is 3. The molecule has 0 saturated carbocycles. The number of phenols is 1. The van der Waals surface area contributed by atoms with Gasteiger partial charge in [0.05, 0.1) is 31.2 Å².